The number of hydrogen-bond acceptors (Lipinski definition) is 3. The van der Waals surface area contributed by atoms with E-state index in [-0.39, 0.29) is 27.2 Å². The lowest BCUT2D eigenvalue weighted by molar-refractivity contribution is 0.0696. The standard InChI is InChI=1S/C12H6Cl2INO3S/c13-7-1-5(12(18)19)2-8(14)10(7)16-11(17)6-3-9(15)20-4-6/h1-4H,(H,16,17)(H,18,19). The minimum absolute atomic E-state index is 0.0388. The van der Waals surface area contributed by atoms with E-state index in [1.165, 1.54) is 23.5 Å². The van der Waals surface area contributed by atoms with Crippen molar-refractivity contribution in [1.82, 2.24) is 0 Å². The molecule has 1 aromatic carbocycles. The molecule has 0 aliphatic carbocycles. The van der Waals surface area contributed by atoms with Crippen molar-refractivity contribution in [2.24, 2.45) is 0 Å². The van der Waals surface area contributed by atoms with E-state index in [9.17, 15) is 9.59 Å². The fourth-order valence-corrected chi connectivity index (χ4v) is 3.34. The first-order chi connectivity index (χ1) is 9.38. The zero-order valence-electron chi connectivity index (χ0n) is 9.62. The fraction of sp³-hybridized carbons (Fsp3) is 0. The molecule has 0 fully saturated rings. The van der Waals surface area contributed by atoms with Gasteiger partial charge in [-0.25, -0.2) is 4.79 Å². The van der Waals surface area contributed by atoms with Gasteiger partial charge in [0.1, 0.15) is 0 Å². The van der Waals surface area contributed by atoms with Crippen LogP contribution in [0, 0.1) is 2.88 Å². The number of benzene rings is 1. The first-order valence-electron chi connectivity index (χ1n) is 5.16. The van der Waals surface area contributed by atoms with Crippen molar-refractivity contribution < 1.29 is 14.7 Å². The third-order valence-electron chi connectivity index (χ3n) is 2.36. The SMILES string of the molecule is O=C(O)c1cc(Cl)c(NC(=O)c2csc(I)c2)c(Cl)c1. The molecule has 1 heterocycles. The second-order valence-electron chi connectivity index (χ2n) is 3.71. The van der Waals surface area contributed by atoms with Gasteiger partial charge >= 0.3 is 5.97 Å². The average molecular weight is 442 g/mol. The Labute approximate surface area is 141 Å². The molecule has 8 heteroatoms. The largest absolute Gasteiger partial charge is 0.478 e. The summed E-state index contributed by atoms with van der Waals surface area (Å²) in [7, 11) is 0. The van der Waals surface area contributed by atoms with Crippen molar-refractivity contribution >= 4 is 74.7 Å². The van der Waals surface area contributed by atoms with Crippen LogP contribution in [0.25, 0.3) is 0 Å². The van der Waals surface area contributed by atoms with Gasteiger partial charge in [0.25, 0.3) is 5.91 Å². The van der Waals surface area contributed by atoms with Gasteiger partial charge in [0.15, 0.2) is 0 Å². The van der Waals surface area contributed by atoms with Crippen LogP contribution in [0.5, 0.6) is 0 Å². The smallest absolute Gasteiger partial charge is 0.335 e. The van der Waals surface area contributed by atoms with E-state index in [1.54, 1.807) is 11.4 Å². The first-order valence-corrected chi connectivity index (χ1v) is 7.87. The molecule has 2 N–H and O–H groups in total. The number of carbonyl (C=O) groups excluding carboxylic acids is 1. The number of halogens is 3. The zero-order chi connectivity index (χ0) is 14.9. The maximum Gasteiger partial charge on any atom is 0.335 e. The molecule has 0 aliphatic rings. The maximum absolute atomic E-state index is 12.0. The lowest BCUT2D eigenvalue weighted by atomic mass is 10.2. The summed E-state index contributed by atoms with van der Waals surface area (Å²) in [5, 5.41) is 13.3. The van der Waals surface area contributed by atoms with Crippen LogP contribution in [0.15, 0.2) is 23.6 Å². The second kappa shape index (κ2) is 6.30. The van der Waals surface area contributed by atoms with Gasteiger partial charge in [-0.05, 0) is 40.8 Å². The summed E-state index contributed by atoms with van der Waals surface area (Å²) in [6.07, 6.45) is 0. The van der Waals surface area contributed by atoms with Crippen LogP contribution in [-0.4, -0.2) is 17.0 Å². The number of carbonyl (C=O) groups is 2. The predicted octanol–water partition coefficient (Wildman–Crippen LogP) is 4.61. The summed E-state index contributed by atoms with van der Waals surface area (Å²) in [6, 6.07) is 4.21. The highest BCUT2D eigenvalue weighted by atomic mass is 127. The molecular formula is C12H6Cl2INO3S. The normalized spacial score (nSPS) is 10.3. The number of rotatable bonds is 3. The highest BCUT2D eigenvalue weighted by molar-refractivity contribution is 14.1. The van der Waals surface area contributed by atoms with E-state index < -0.39 is 5.97 Å². The summed E-state index contributed by atoms with van der Waals surface area (Å²) in [5.41, 5.74) is 0.654. The Morgan fingerprint density at radius 3 is 2.20 bits per heavy atom. The van der Waals surface area contributed by atoms with Crippen LogP contribution in [0.2, 0.25) is 10.0 Å². The third kappa shape index (κ3) is 3.43. The topological polar surface area (TPSA) is 66.4 Å². The number of amides is 1. The number of carboxylic acids is 1. The van der Waals surface area contributed by atoms with E-state index in [1.807, 2.05) is 0 Å². The van der Waals surface area contributed by atoms with Gasteiger partial charge in [-0.15, -0.1) is 11.3 Å². The number of anilines is 1. The van der Waals surface area contributed by atoms with Gasteiger partial charge in [-0.2, -0.15) is 0 Å². The Kier molecular flexibility index (Phi) is 4.90. The lowest BCUT2D eigenvalue weighted by Gasteiger charge is -2.09. The third-order valence-corrected chi connectivity index (χ3v) is 4.74. The molecule has 104 valence electrons. The minimum Gasteiger partial charge on any atom is -0.478 e. The Balaban J connectivity index is 2.30. The van der Waals surface area contributed by atoms with Crippen molar-refractivity contribution in [3.05, 3.63) is 47.6 Å². The van der Waals surface area contributed by atoms with Gasteiger partial charge in [0, 0.05) is 5.38 Å². The van der Waals surface area contributed by atoms with Crippen molar-refractivity contribution in [2.45, 2.75) is 0 Å². The Morgan fingerprint density at radius 2 is 1.75 bits per heavy atom. The molecule has 1 aromatic heterocycles. The van der Waals surface area contributed by atoms with Crippen LogP contribution in [0.3, 0.4) is 0 Å². The van der Waals surface area contributed by atoms with Crippen molar-refractivity contribution in [2.75, 3.05) is 5.32 Å². The number of carboxylic acid groups (broad SMARTS) is 1. The summed E-state index contributed by atoms with van der Waals surface area (Å²) in [5.74, 6) is -1.49. The van der Waals surface area contributed by atoms with Gasteiger partial charge < -0.3 is 10.4 Å². The molecule has 0 saturated heterocycles. The quantitative estimate of drug-likeness (QED) is 0.683. The molecule has 20 heavy (non-hydrogen) atoms. The van der Waals surface area contributed by atoms with Gasteiger partial charge in [0.2, 0.25) is 0 Å². The van der Waals surface area contributed by atoms with Crippen LogP contribution in [0.1, 0.15) is 20.7 Å². The molecule has 2 aromatic rings. The van der Waals surface area contributed by atoms with Gasteiger partial charge in [-0.1, -0.05) is 23.2 Å². The summed E-state index contributed by atoms with van der Waals surface area (Å²) in [6.45, 7) is 0. The highest BCUT2D eigenvalue weighted by Gasteiger charge is 2.16. The zero-order valence-corrected chi connectivity index (χ0v) is 14.1. The fourth-order valence-electron chi connectivity index (χ4n) is 1.43. The summed E-state index contributed by atoms with van der Waals surface area (Å²) in [4.78, 5) is 22.9. The Hall–Kier alpha value is -0.830. The highest BCUT2D eigenvalue weighted by Crippen LogP contribution is 2.32. The lowest BCUT2D eigenvalue weighted by Crippen LogP contribution is -2.12. The number of aromatic carboxylic acids is 1. The molecule has 0 unspecified atom stereocenters. The molecule has 0 bridgehead atoms. The van der Waals surface area contributed by atoms with Crippen molar-refractivity contribution in [3.8, 4) is 0 Å². The van der Waals surface area contributed by atoms with E-state index >= 15 is 0 Å². The first kappa shape index (κ1) is 15.6. The van der Waals surface area contributed by atoms with E-state index in [2.05, 4.69) is 27.9 Å². The molecule has 0 radical (unpaired) electrons. The van der Waals surface area contributed by atoms with E-state index in [0.717, 1.165) is 2.88 Å². The maximum atomic E-state index is 12.0. The molecule has 4 nitrogen and oxygen atoms in total. The van der Waals surface area contributed by atoms with Crippen molar-refractivity contribution in [1.29, 1.82) is 0 Å². The molecule has 1 amide bonds. The van der Waals surface area contributed by atoms with Crippen LogP contribution < -0.4 is 5.32 Å². The monoisotopic (exact) mass is 441 g/mol. The van der Waals surface area contributed by atoms with Crippen LogP contribution >= 0.6 is 57.1 Å². The average Bonchev–Trinajstić information content (AvgIpc) is 2.80. The molecule has 0 saturated carbocycles. The second-order valence-corrected chi connectivity index (χ2v) is 7.33. The number of thiophene rings is 1. The number of nitrogens with one attached hydrogen (secondary N) is 1. The molecular weight excluding hydrogens is 436 g/mol. The summed E-state index contributed by atoms with van der Waals surface area (Å²) < 4.78 is 0.978. The van der Waals surface area contributed by atoms with Crippen LogP contribution in [0.4, 0.5) is 5.69 Å². The van der Waals surface area contributed by atoms with Gasteiger partial charge in [0.05, 0.1) is 29.7 Å². The molecule has 0 spiro atoms. The van der Waals surface area contributed by atoms with Gasteiger partial charge in [-0.3, -0.25) is 4.79 Å². The minimum atomic E-state index is -1.14. The molecule has 0 atom stereocenters. The predicted molar refractivity (Wildman–Crippen MR) is 88.4 cm³/mol. The molecule has 2 rings (SSSR count). The molecule has 0 aliphatic heterocycles. The van der Waals surface area contributed by atoms with E-state index in [0.29, 0.717) is 5.56 Å². The Morgan fingerprint density at radius 1 is 1.15 bits per heavy atom. The van der Waals surface area contributed by atoms with E-state index in [4.69, 9.17) is 28.3 Å². The summed E-state index contributed by atoms with van der Waals surface area (Å²) >= 11 is 15.5. The Bertz CT molecular complexity index is 679. The van der Waals surface area contributed by atoms with Crippen molar-refractivity contribution in [3.63, 3.8) is 0 Å². The number of hydrogen-bond donors (Lipinski definition) is 2. The van der Waals surface area contributed by atoms with Crippen LogP contribution in [-0.2, 0) is 0 Å².